The Morgan fingerprint density at radius 2 is 1.88 bits per heavy atom. The smallest absolute Gasteiger partial charge is 0.350 e. The molecule has 0 saturated carbocycles. The van der Waals surface area contributed by atoms with Crippen molar-refractivity contribution in [2.45, 2.75) is 31.2 Å². The Balaban J connectivity index is 1.88. The molecule has 1 fully saturated rings. The van der Waals surface area contributed by atoms with E-state index in [4.69, 9.17) is 11.6 Å². The van der Waals surface area contributed by atoms with Crippen LogP contribution in [0.5, 0.6) is 0 Å². The third-order valence-electron chi connectivity index (χ3n) is 7.31. The lowest BCUT2D eigenvalue weighted by Gasteiger charge is -2.40. The van der Waals surface area contributed by atoms with Crippen LogP contribution in [0, 0.1) is 11.6 Å². The number of benzene rings is 1. The first-order valence-corrected chi connectivity index (χ1v) is 15.6. The monoisotopic (exact) mass is 628 g/mol. The fraction of sp³-hybridized carbons (Fsp3) is 0.276. The minimum absolute atomic E-state index is 0.0641. The molecule has 1 saturated heterocycles. The molecule has 1 aliphatic rings. The summed E-state index contributed by atoms with van der Waals surface area (Å²) in [5.41, 5.74) is -1.61. The molecule has 5 rings (SSSR count). The number of pyridine rings is 2. The molecule has 43 heavy (non-hydrogen) atoms. The highest BCUT2D eigenvalue weighted by molar-refractivity contribution is 7.90. The van der Waals surface area contributed by atoms with Crippen molar-refractivity contribution in [1.82, 2.24) is 24.4 Å². The van der Waals surface area contributed by atoms with Crippen LogP contribution in [0.15, 0.2) is 58.9 Å². The van der Waals surface area contributed by atoms with Crippen molar-refractivity contribution in [2.75, 3.05) is 30.8 Å². The molecule has 0 radical (unpaired) electrons. The van der Waals surface area contributed by atoms with Crippen molar-refractivity contribution >= 4 is 44.2 Å². The summed E-state index contributed by atoms with van der Waals surface area (Å²) < 4.78 is 56.7. The number of rotatable bonds is 6. The van der Waals surface area contributed by atoms with E-state index in [1.54, 1.807) is 11.8 Å². The summed E-state index contributed by atoms with van der Waals surface area (Å²) in [5.74, 6) is -1.92. The number of aryl methyl sites for hydroxylation is 1. The highest BCUT2D eigenvalue weighted by Gasteiger charge is 2.31. The number of carbonyl (C=O) groups excluding carboxylic acids is 1. The second-order valence-electron chi connectivity index (χ2n) is 10.1. The third kappa shape index (κ3) is 5.38. The summed E-state index contributed by atoms with van der Waals surface area (Å²) >= 11 is 6.61. The normalized spacial score (nSPS) is 15.6. The Hall–Kier alpha value is -4.23. The van der Waals surface area contributed by atoms with Crippen molar-refractivity contribution in [3.8, 4) is 16.9 Å². The van der Waals surface area contributed by atoms with Gasteiger partial charge in [0.1, 0.15) is 17.5 Å². The minimum Gasteiger partial charge on any atom is -0.350 e. The molecule has 0 bridgehead atoms. The number of aromatic nitrogens is 4. The Kier molecular flexibility index (Phi) is 8.05. The highest BCUT2D eigenvalue weighted by Crippen LogP contribution is 2.37. The summed E-state index contributed by atoms with van der Waals surface area (Å²) in [6, 6.07) is 5.65. The molecule has 0 N–H and O–H groups in total. The Labute approximate surface area is 251 Å². The second kappa shape index (κ2) is 11.5. The molecule has 1 amide bonds. The number of hydrogen-bond donors (Lipinski definition) is 0. The summed E-state index contributed by atoms with van der Waals surface area (Å²) in [7, 11) is -3.90. The average molecular weight is 629 g/mol. The number of fused-ring (bicyclic) bond motifs is 1. The van der Waals surface area contributed by atoms with Crippen molar-refractivity contribution in [3.63, 3.8) is 0 Å². The van der Waals surface area contributed by atoms with Gasteiger partial charge in [0.2, 0.25) is 5.91 Å². The van der Waals surface area contributed by atoms with Crippen molar-refractivity contribution in [2.24, 2.45) is 0 Å². The first-order valence-electron chi connectivity index (χ1n) is 13.3. The van der Waals surface area contributed by atoms with Crippen LogP contribution >= 0.6 is 11.6 Å². The number of nitrogens with zero attached hydrogens (tertiary/aromatic N) is 6. The average Bonchev–Trinajstić information content (AvgIpc) is 2.96. The SMILES string of the molecule is C=CC(=O)N1CCN(c2nc(=O)n(-c3c(S(C)(=O)=O)ccnc3CC)c3nc(-c4c(F)cccc4F)c(Cl)cc23)[C@@H](C)C1. The molecule has 1 aromatic carbocycles. The van der Waals surface area contributed by atoms with Crippen molar-refractivity contribution in [3.05, 3.63) is 82.0 Å². The summed E-state index contributed by atoms with van der Waals surface area (Å²) in [6.45, 7) is 8.02. The molecule has 10 nitrogen and oxygen atoms in total. The van der Waals surface area contributed by atoms with Gasteiger partial charge in [-0.05, 0) is 43.7 Å². The molecule has 1 aliphatic heterocycles. The van der Waals surface area contributed by atoms with Crippen LogP contribution in [0.4, 0.5) is 14.6 Å². The van der Waals surface area contributed by atoms with Crippen LogP contribution in [0.2, 0.25) is 5.02 Å². The lowest BCUT2D eigenvalue weighted by molar-refractivity contribution is -0.126. The Morgan fingerprint density at radius 3 is 2.49 bits per heavy atom. The van der Waals surface area contributed by atoms with Crippen LogP contribution in [0.25, 0.3) is 28.0 Å². The van der Waals surface area contributed by atoms with E-state index < -0.39 is 32.7 Å². The topological polar surface area (TPSA) is 118 Å². The lowest BCUT2D eigenvalue weighted by Crippen LogP contribution is -2.54. The van der Waals surface area contributed by atoms with E-state index in [1.165, 1.54) is 30.5 Å². The van der Waals surface area contributed by atoms with Gasteiger partial charge < -0.3 is 9.80 Å². The standard InChI is InChI=1S/C29H27ClF2N6O4S/c1-5-21-26(22(10-11-33-21)43(4,41)42)38-28-17(14-18(30)25(34-28)24-19(31)8-7-9-20(24)32)27(35-29(38)40)37-13-12-36(15-16(37)3)23(39)6-2/h6-11,14,16H,2,5,12-13,15H2,1,3-4H3/t16-/m0/s1. The van der Waals surface area contributed by atoms with E-state index in [1.807, 2.05) is 11.8 Å². The van der Waals surface area contributed by atoms with Gasteiger partial charge in [-0.1, -0.05) is 31.2 Å². The fourth-order valence-electron chi connectivity index (χ4n) is 5.30. The molecular weight excluding hydrogens is 602 g/mol. The van der Waals surface area contributed by atoms with Gasteiger partial charge in [0.05, 0.1) is 37.9 Å². The number of piperazine rings is 1. The highest BCUT2D eigenvalue weighted by atomic mass is 35.5. The number of hydrogen-bond acceptors (Lipinski definition) is 8. The van der Waals surface area contributed by atoms with E-state index in [-0.39, 0.29) is 68.8 Å². The zero-order chi connectivity index (χ0) is 31.2. The molecule has 4 heterocycles. The van der Waals surface area contributed by atoms with E-state index in [9.17, 15) is 26.8 Å². The minimum atomic E-state index is -3.90. The maximum Gasteiger partial charge on any atom is 0.355 e. The molecule has 3 aromatic heterocycles. The van der Waals surface area contributed by atoms with Crippen LogP contribution in [-0.2, 0) is 21.1 Å². The lowest BCUT2D eigenvalue weighted by atomic mass is 10.1. The van der Waals surface area contributed by atoms with E-state index >= 15 is 0 Å². The largest absolute Gasteiger partial charge is 0.355 e. The van der Waals surface area contributed by atoms with Gasteiger partial charge in [0.25, 0.3) is 0 Å². The second-order valence-corrected chi connectivity index (χ2v) is 12.5. The molecule has 4 aromatic rings. The molecule has 0 spiro atoms. The predicted octanol–water partition coefficient (Wildman–Crippen LogP) is 3.96. The summed E-state index contributed by atoms with van der Waals surface area (Å²) in [5, 5.41) is 0.105. The van der Waals surface area contributed by atoms with Gasteiger partial charge >= 0.3 is 5.69 Å². The molecule has 0 aliphatic carbocycles. The van der Waals surface area contributed by atoms with Gasteiger partial charge in [-0.15, -0.1) is 0 Å². The van der Waals surface area contributed by atoms with E-state index in [0.29, 0.717) is 13.1 Å². The number of amides is 1. The van der Waals surface area contributed by atoms with Crippen LogP contribution in [0.3, 0.4) is 0 Å². The zero-order valence-electron chi connectivity index (χ0n) is 23.5. The van der Waals surface area contributed by atoms with Gasteiger partial charge in [-0.25, -0.2) is 31.5 Å². The molecular formula is C29H27ClF2N6O4S. The first-order chi connectivity index (χ1) is 20.4. The molecule has 224 valence electrons. The van der Waals surface area contributed by atoms with Crippen LogP contribution in [0.1, 0.15) is 19.5 Å². The molecule has 0 unspecified atom stereocenters. The van der Waals surface area contributed by atoms with Crippen LogP contribution in [-0.4, -0.2) is 70.7 Å². The van der Waals surface area contributed by atoms with Crippen molar-refractivity contribution in [1.29, 1.82) is 0 Å². The predicted molar refractivity (Wildman–Crippen MR) is 159 cm³/mol. The number of halogens is 3. The Morgan fingerprint density at radius 1 is 1.19 bits per heavy atom. The first kappa shape index (κ1) is 30.2. The molecule has 14 heteroatoms. The quantitative estimate of drug-likeness (QED) is 0.295. The molecule has 1 atom stereocenters. The fourth-order valence-corrected chi connectivity index (χ4v) is 6.42. The van der Waals surface area contributed by atoms with Gasteiger partial charge in [0, 0.05) is 38.1 Å². The van der Waals surface area contributed by atoms with Crippen LogP contribution < -0.4 is 10.6 Å². The van der Waals surface area contributed by atoms with Gasteiger partial charge in [0.15, 0.2) is 15.5 Å². The van der Waals surface area contributed by atoms with Gasteiger partial charge in [-0.3, -0.25) is 9.78 Å². The zero-order valence-corrected chi connectivity index (χ0v) is 25.1. The third-order valence-corrected chi connectivity index (χ3v) is 8.72. The van der Waals surface area contributed by atoms with Crippen molar-refractivity contribution < 1.29 is 22.0 Å². The number of anilines is 1. The summed E-state index contributed by atoms with van der Waals surface area (Å²) in [6.07, 6.45) is 3.79. The number of sulfone groups is 1. The van der Waals surface area contributed by atoms with Gasteiger partial charge in [-0.2, -0.15) is 4.98 Å². The maximum atomic E-state index is 15.0. The van der Waals surface area contributed by atoms with E-state index in [0.717, 1.165) is 23.0 Å². The summed E-state index contributed by atoms with van der Waals surface area (Å²) in [4.78, 5) is 42.6. The van der Waals surface area contributed by atoms with E-state index in [2.05, 4.69) is 21.5 Å². The maximum absolute atomic E-state index is 15.0. The Bertz CT molecular complexity index is 1950. The number of carbonyl (C=O) groups is 1.